The summed E-state index contributed by atoms with van der Waals surface area (Å²) in [7, 11) is 0. The first-order valence-electron chi connectivity index (χ1n) is 10.2. The van der Waals surface area contributed by atoms with E-state index >= 15 is 0 Å². The highest BCUT2D eigenvalue weighted by molar-refractivity contribution is 6.04. The van der Waals surface area contributed by atoms with E-state index in [2.05, 4.69) is 25.4 Å². The number of carbonyl (C=O) groups excluding carboxylic acids is 1. The van der Waals surface area contributed by atoms with Crippen molar-refractivity contribution < 1.29 is 18.0 Å². The molecule has 2 bridgehead atoms. The maximum Gasteiger partial charge on any atom is 0.416 e. The number of rotatable bonds is 2. The Morgan fingerprint density at radius 1 is 1.12 bits per heavy atom. The second kappa shape index (κ2) is 7.77. The van der Waals surface area contributed by atoms with Crippen molar-refractivity contribution in [1.29, 1.82) is 0 Å². The predicted octanol–water partition coefficient (Wildman–Crippen LogP) is 4.58. The lowest BCUT2D eigenvalue weighted by atomic mass is 9.99. The molecule has 1 atom stereocenters. The number of carbonyl (C=O) groups is 1. The van der Waals surface area contributed by atoms with Gasteiger partial charge >= 0.3 is 12.2 Å². The van der Waals surface area contributed by atoms with E-state index in [1.807, 2.05) is 6.07 Å². The van der Waals surface area contributed by atoms with Crippen molar-refractivity contribution in [3.8, 4) is 11.3 Å². The van der Waals surface area contributed by atoms with Crippen molar-refractivity contribution in [3.05, 3.63) is 60.3 Å². The van der Waals surface area contributed by atoms with Crippen LogP contribution in [-0.2, 0) is 6.18 Å². The zero-order chi connectivity index (χ0) is 22.3. The average Bonchev–Trinajstić information content (AvgIpc) is 2.79. The molecule has 2 aliphatic rings. The number of nitrogens with zero attached hydrogens (tertiary/aromatic N) is 5. The molecule has 0 saturated carbocycles. The summed E-state index contributed by atoms with van der Waals surface area (Å²) in [5, 5.41) is 10.4. The van der Waals surface area contributed by atoms with Crippen LogP contribution in [0.15, 0.2) is 54.7 Å². The molecule has 0 spiro atoms. The Kier molecular flexibility index (Phi) is 4.91. The van der Waals surface area contributed by atoms with E-state index in [1.54, 1.807) is 29.2 Å². The minimum atomic E-state index is -4.45. The summed E-state index contributed by atoms with van der Waals surface area (Å²) in [4.78, 5) is 21.6. The van der Waals surface area contributed by atoms with Gasteiger partial charge in [-0.25, -0.2) is 9.78 Å². The van der Waals surface area contributed by atoms with Gasteiger partial charge in [0.15, 0.2) is 11.6 Å². The number of aromatic nitrogens is 3. The maximum atomic E-state index is 13.2. The highest BCUT2D eigenvalue weighted by Crippen LogP contribution is 2.40. The van der Waals surface area contributed by atoms with Gasteiger partial charge in [-0.3, -0.25) is 10.2 Å². The number of urea groups is 1. The Bertz CT molecular complexity index is 1150. The van der Waals surface area contributed by atoms with Crippen LogP contribution in [0.4, 0.5) is 35.3 Å². The zero-order valence-corrected chi connectivity index (χ0v) is 16.9. The molecule has 2 aliphatic heterocycles. The predicted molar refractivity (Wildman–Crippen MR) is 113 cm³/mol. The van der Waals surface area contributed by atoms with E-state index in [0.717, 1.165) is 37.2 Å². The highest BCUT2D eigenvalue weighted by atomic mass is 19.4. The molecule has 1 N–H and O–H groups in total. The van der Waals surface area contributed by atoms with Crippen LogP contribution in [0.5, 0.6) is 0 Å². The first-order valence-corrected chi connectivity index (χ1v) is 10.2. The Balaban J connectivity index is 1.55. The molecule has 1 saturated heterocycles. The Hall–Kier alpha value is -3.69. The van der Waals surface area contributed by atoms with Crippen molar-refractivity contribution >= 4 is 23.4 Å². The third kappa shape index (κ3) is 3.72. The molecular weight excluding hydrogens is 421 g/mol. The molecule has 32 heavy (non-hydrogen) atoms. The van der Waals surface area contributed by atoms with Gasteiger partial charge in [0.2, 0.25) is 0 Å². The third-order valence-electron chi connectivity index (χ3n) is 5.70. The Labute approximate surface area is 181 Å². The molecule has 4 heterocycles. The zero-order valence-electron chi connectivity index (χ0n) is 16.9. The molecule has 5 rings (SSSR count). The summed E-state index contributed by atoms with van der Waals surface area (Å²) in [6.07, 6.45) is -1.21. The maximum absolute atomic E-state index is 13.2. The lowest BCUT2D eigenvalue weighted by molar-refractivity contribution is -0.137. The summed E-state index contributed by atoms with van der Waals surface area (Å²) < 4.78 is 39.6. The summed E-state index contributed by atoms with van der Waals surface area (Å²) >= 11 is 0. The number of halogens is 3. The van der Waals surface area contributed by atoms with Gasteiger partial charge in [0.05, 0.1) is 23.0 Å². The van der Waals surface area contributed by atoms with Crippen LogP contribution in [0.25, 0.3) is 11.3 Å². The smallest absolute Gasteiger partial charge is 0.366 e. The van der Waals surface area contributed by atoms with E-state index in [1.165, 1.54) is 12.3 Å². The number of amides is 2. The lowest BCUT2D eigenvalue weighted by Gasteiger charge is -2.45. The third-order valence-corrected chi connectivity index (χ3v) is 5.70. The van der Waals surface area contributed by atoms with E-state index in [-0.39, 0.29) is 6.04 Å². The number of alkyl halides is 3. The van der Waals surface area contributed by atoms with Gasteiger partial charge in [0.25, 0.3) is 0 Å². The summed E-state index contributed by atoms with van der Waals surface area (Å²) in [6, 6.07) is 11.4. The second-order valence-electron chi connectivity index (χ2n) is 7.77. The molecule has 164 valence electrons. The van der Waals surface area contributed by atoms with E-state index in [4.69, 9.17) is 0 Å². The normalized spacial score (nSPS) is 17.7. The number of hydrogen-bond acceptors (Lipinski definition) is 5. The van der Waals surface area contributed by atoms with Crippen LogP contribution >= 0.6 is 0 Å². The van der Waals surface area contributed by atoms with E-state index < -0.39 is 17.8 Å². The van der Waals surface area contributed by atoms with Gasteiger partial charge in [0, 0.05) is 24.8 Å². The average molecular weight is 440 g/mol. The molecule has 10 heteroatoms. The van der Waals surface area contributed by atoms with Crippen molar-refractivity contribution in [2.45, 2.75) is 25.1 Å². The van der Waals surface area contributed by atoms with Gasteiger partial charge in [-0.2, -0.15) is 18.3 Å². The Morgan fingerprint density at radius 2 is 2.00 bits per heavy atom. The first kappa shape index (κ1) is 20.2. The molecule has 3 aromatic rings. The van der Waals surface area contributed by atoms with E-state index in [9.17, 15) is 18.0 Å². The van der Waals surface area contributed by atoms with Gasteiger partial charge in [-0.15, -0.1) is 5.10 Å². The first-order chi connectivity index (χ1) is 15.4. The molecule has 1 aromatic carbocycles. The number of anilines is 3. The van der Waals surface area contributed by atoms with Crippen LogP contribution in [-0.4, -0.2) is 40.3 Å². The van der Waals surface area contributed by atoms with Gasteiger partial charge < -0.3 is 4.90 Å². The largest absolute Gasteiger partial charge is 0.416 e. The van der Waals surface area contributed by atoms with Crippen LogP contribution in [0.3, 0.4) is 0 Å². The molecule has 0 aliphatic carbocycles. The summed E-state index contributed by atoms with van der Waals surface area (Å²) in [6.45, 7) is 1.51. The van der Waals surface area contributed by atoms with Crippen molar-refractivity contribution in [3.63, 3.8) is 0 Å². The van der Waals surface area contributed by atoms with Crippen LogP contribution in [0.2, 0.25) is 0 Å². The molecule has 2 aromatic heterocycles. The Morgan fingerprint density at radius 3 is 2.78 bits per heavy atom. The van der Waals surface area contributed by atoms with Crippen LogP contribution < -0.4 is 15.1 Å². The highest BCUT2D eigenvalue weighted by Gasteiger charge is 2.38. The number of fused-ring (bicyclic) bond motifs is 4. The summed E-state index contributed by atoms with van der Waals surface area (Å²) in [5.41, 5.74) is 0.745. The molecule has 1 unspecified atom stereocenters. The fourth-order valence-corrected chi connectivity index (χ4v) is 4.24. The van der Waals surface area contributed by atoms with Crippen molar-refractivity contribution in [2.24, 2.45) is 0 Å². The van der Waals surface area contributed by atoms with Gasteiger partial charge in [0.1, 0.15) is 0 Å². The lowest BCUT2D eigenvalue weighted by Crippen LogP contribution is -2.56. The topological polar surface area (TPSA) is 74.2 Å². The molecular formula is C22H19F3N6O. The van der Waals surface area contributed by atoms with Gasteiger partial charge in [-0.05, 0) is 49.2 Å². The molecule has 1 fully saturated rings. The number of piperidine rings is 1. The number of nitrogens with one attached hydrogen (secondary N) is 1. The van der Waals surface area contributed by atoms with Crippen molar-refractivity contribution in [2.75, 3.05) is 28.2 Å². The number of pyridine rings is 1. The molecule has 7 nitrogen and oxygen atoms in total. The van der Waals surface area contributed by atoms with E-state index in [0.29, 0.717) is 29.4 Å². The minimum absolute atomic E-state index is 0.0998. The SMILES string of the molecule is O=C(Nc1cccnn1)N1c2nc(-c3cccc(C(F)(F)F)c3)ccc2N2CCCC1C2. The molecule has 2 amide bonds. The number of hydrogen-bond donors (Lipinski definition) is 1. The van der Waals surface area contributed by atoms with Crippen LogP contribution in [0, 0.1) is 0 Å². The monoisotopic (exact) mass is 440 g/mol. The van der Waals surface area contributed by atoms with Crippen molar-refractivity contribution in [1.82, 2.24) is 15.2 Å². The van der Waals surface area contributed by atoms with Crippen LogP contribution in [0.1, 0.15) is 18.4 Å². The van der Waals surface area contributed by atoms with Gasteiger partial charge in [-0.1, -0.05) is 12.1 Å². The second-order valence-corrected chi connectivity index (χ2v) is 7.77. The standard InChI is InChI=1S/C22H19F3N6O/c23-22(24,25)15-5-1-4-14(12-15)17-8-9-18-20(27-17)31(16-6-3-11-30(18)13-16)21(32)28-19-7-2-10-26-29-19/h1-2,4-5,7-10,12,16H,3,6,11,13H2,(H,28,29,32). The summed E-state index contributed by atoms with van der Waals surface area (Å²) in [5.74, 6) is 0.739. The molecule has 0 radical (unpaired) electrons. The quantitative estimate of drug-likeness (QED) is 0.632. The number of benzene rings is 1. The minimum Gasteiger partial charge on any atom is -0.366 e. The fourth-order valence-electron chi connectivity index (χ4n) is 4.24. The fraction of sp³-hybridized carbons (Fsp3) is 0.273.